The average molecular weight is 459 g/mol. The van der Waals surface area contributed by atoms with Gasteiger partial charge in [0, 0.05) is 23.4 Å². The van der Waals surface area contributed by atoms with Crippen molar-refractivity contribution in [2.75, 3.05) is 5.75 Å². The summed E-state index contributed by atoms with van der Waals surface area (Å²) in [5, 5.41) is 3.74. The van der Waals surface area contributed by atoms with Gasteiger partial charge >= 0.3 is 0 Å². The number of hydrogen-bond donors (Lipinski definition) is 1. The molecule has 1 aliphatic rings. The Balaban J connectivity index is 1.67. The van der Waals surface area contributed by atoms with Crippen LogP contribution in [0, 0.1) is 6.92 Å². The van der Waals surface area contributed by atoms with Crippen LogP contribution in [0.15, 0.2) is 48.5 Å². The van der Waals surface area contributed by atoms with Gasteiger partial charge < -0.3 is 10.2 Å². The number of thioether (sulfide) groups is 1. The average Bonchev–Trinajstić information content (AvgIpc) is 3.27. The number of carbonyl (C=O) groups excluding carboxylic acids is 2. The molecule has 1 fully saturated rings. The SMILES string of the molecule is Cc1ccccc1CSCC(=O)N(Cc1ccccc1Cl)[C@@H](C)C(=O)NC1CCCC1. The highest BCUT2D eigenvalue weighted by Crippen LogP contribution is 2.22. The Morgan fingerprint density at radius 2 is 1.74 bits per heavy atom. The molecular weight excluding hydrogens is 428 g/mol. The van der Waals surface area contributed by atoms with Crippen molar-refractivity contribution < 1.29 is 9.59 Å². The van der Waals surface area contributed by atoms with E-state index in [2.05, 4.69) is 24.4 Å². The summed E-state index contributed by atoms with van der Waals surface area (Å²) in [5.41, 5.74) is 3.30. The van der Waals surface area contributed by atoms with Gasteiger partial charge in [0.15, 0.2) is 0 Å². The fraction of sp³-hybridized carbons (Fsp3) is 0.440. The van der Waals surface area contributed by atoms with E-state index >= 15 is 0 Å². The lowest BCUT2D eigenvalue weighted by Crippen LogP contribution is -2.50. The lowest BCUT2D eigenvalue weighted by Gasteiger charge is -2.30. The Labute approximate surface area is 194 Å². The summed E-state index contributed by atoms with van der Waals surface area (Å²) in [5.74, 6) is 0.949. The van der Waals surface area contributed by atoms with Crippen molar-refractivity contribution in [3.8, 4) is 0 Å². The molecule has 0 saturated heterocycles. The van der Waals surface area contributed by atoms with E-state index in [1.165, 1.54) is 11.1 Å². The quantitative estimate of drug-likeness (QED) is 0.550. The lowest BCUT2D eigenvalue weighted by atomic mass is 10.1. The van der Waals surface area contributed by atoms with Crippen molar-refractivity contribution in [3.05, 3.63) is 70.2 Å². The standard InChI is InChI=1S/C25H31ClN2O2S/c1-18-9-3-4-11-21(18)16-31-17-24(29)28(15-20-10-5-8-14-23(20)26)19(2)25(30)27-22-12-6-7-13-22/h3-5,8-11,14,19,22H,6-7,12-13,15-17H2,1-2H3,(H,27,30)/t19-/m0/s1. The number of hydrogen-bond acceptors (Lipinski definition) is 3. The normalized spacial score (nSPS) is 14.9. The van der Waals surface area contributed by atoms with E-state index in [9.17, 15) is 9.59 Å². The zero-order valence-electron chi connectivity index (χ0n) is 18.3. The van der Waals surface area contributed by atoms with Gasteiger partial charge in [0.25, 0.3) is 0 Å². The molecule has 0 bridgehead atoms. The monoisotopic (exact) mass is 458 g/mol. The lowest BCUT2D eigenvalue weighted by molar-refractivity contribution is -0.138. The number of nitrogens with one attached hydrogen (secondary N) is 1. The molecule has 1 atom stereocenters. The van der Waals surface area contributed by atoms with Crippen LogP contribution in [0.1, 0.15) is 49.3 Å². The first kappa shape index (κ1) is 23.7. The third kappa shape index (κ3) is 6.75. The molecule has 0 radical (unpaired) electrons. The van der Waals surface area contributed by atoms with Gasteiger partial charge in [-0.3, -0.25) is 9.59 Å². The van der Waals surface area contributed by atoms with Crippen LogP contribution in [-0.4, -0.2) is 34.6 Å². The van der Waals surface area contributed by atoms with E-state index in [4.69, 9.17) is 11.6 Å². The van der Waals surface area contributed by atoms with Crippen molar-refractivity contribution in [2.24, 2.45) is 0 Å². The minimum Gasteiger partial charge on any atom is -0.352 e. The van der Waals surface area contributed by atoms with Crippen molar-refractivity contribution in [1.29, 1.82) is 0 Å². The van der Waals surface area contributed by atoms with Gasteiger partial charge in [0.1, 0.15) is 6.04 Å². The Hall–Kier alpha value is -1.98. The molecule has 0 aromatic heterocycles. The molecule has 6 heteroatoms. The molecule has 4 nitrogen and oxygen atoms in total. The van der Waals surface area contributed by atoms with Gasteiger partial charge in [-0.05, 0) is 49.4 Å². The molecule has 1 saturated carbocycles. The Kier molecular flexibility index (Phi) is 8.85. The topological polar surface area (TPSA) is 49.4 Å². The Morgan fingerprint density at radius 1 is 1.10 bits per heavy atom. The highest BCUT2D eigenvalue weighted by atomic mass is 35.5. The molecule has 0 aliphatic heterocycles. The van der Waals surface area contributed by atoms with Crippen LogP contribution >= 0.6 is 23.4 Å². The number of benzene rings is 2. The molecule has 3 rings (SSSR count). The smallest absolute Gasteiger partial charge is 0.242 e. The van der Waals surface area contributed by atoms with E-state index in [0.717, 1.165) is 37.0 Å². The Morgan fingerprint density at radius 3 is 2.42 bits per heavy atom. The molecule has 166 valence electrons. The number of halogens is 1. The fourth-order valence-corrected chi connectivity index (χ4v) is 5.07. The maximum absolute atomic E-state index is 13.2. The molecule has 2 amide bonds. The van der Waals surface area contributed by atoms with Crippen LogP contribution in [-0.2, 0) is 21.9 Å². The maximum atomic E-state index is 13.2. The second-order valence-corrected chi connectivity index (χ2v) is 9.59. The number of nitrogens with zero attached hydrogens (tertiary/aromatic N) is 1. The van der Waals surface area contributed by atoms with Crippen molar-refractivity contribution in [1.82, 2.24) is 10.2 Å². The van der Waals surface area contributed by atoms with Gasteiger partial charge in [-0.15, -0.1) is 11.8 Å². The summed E-state index contributed by atoms with van der Waals surface area (Å²) in [6.07, 6.45) is 4.33. The molecule has 2 aromatic carbocycles. The molecular formula is C25H31ClN2O2S. The summed E-state index contributed by atoms with van der Waals surface area (Å²) in [7, 11) is 0. The number of amides is 2. The van der Waals surface area contributed by atoms with Crippen LogP contribution in [0.25, 0.3) is 0 Å². The molecule has 0 unspecified atom stereocenters. The fourth-order valence-electron chi connectivity index (χ4n) is 3.89. The minimum atomic E-state index is -0.552. The van der Waals surface area contributed by atoms with E-state index < -0.39 is 6.04 Å². The van der Waals surface area contributed by atoms with Gasteiger partial charge in [-0.1, -0.05) is 66.9 Å². The minimum absolute atomic E-state index is 0.0485. The summed E-state index contributed by atoms with van der Waals surface area (Å²) in [6.45, 7) is 4.21. The number of rotatable bonds is 9. The van der Waals surface area contributed by atoms with Gasteiger partial charge in [0.05, 0.1) is 5.75 Å². The molecule has 0 heterocycles. The third-order valence-electron chi connectivity index (χ3n) is 5.91. The second-order valence-electron chi connectivity index (χ2n) is 8.20. The van der Waals surface area contributed by atoms with E-state index in [0.29, 0.717) is 17.3 Å². The Bertz CT molecular complexity index is 899. The summed E-state index contributed by atoms with van der Waals surface area (Å²) < 4.78 is 0. The molecule has 0 spiro atoms. The van der Waals surface area contributed by atoms with Crippen LogP contribution in [0.5, 0.6) is 0 Å². The van der Waals surface area contributed by atoms with Crippen LogP contribution in [0.3, 0.4) is 0 Å². The van der Waals surface area contributed by atoms with Crippen LogP contribution in [0.4, 0.5) is 0 Å². The van der Waals surface area contributed by atoms with Crippen molar-refractivity contribution in [3.63, 3.8) is 0 Å². The highest BCUT2D eigenvalue weighted by Gasteiger charge is 2.28. The molecule has 1 aliphatic carbocycles. The van der Waals surface area contributed by atoms with Crippen LogP contribution in [0.2, 0.25) is 5.02 Å². The van der Waals surface area contributed by atoms with E-state index in [-0.39, 0.29) is 17.9 Å². The van der Waals surface area contributed by atoms with Gasteiger partial charge in [0.2, 0.25) is 11.8 Å². The highest BCUT2D eigenvalue weighted by molar-refractivity contribution is 7.99. The van der Waals surface area contributed by atoms with Crippen molar-refractivity contribution in [2.45, 2.75) is 63.9 Å². The molecule has 1 N–H and O–H groups in total. The summed E-state index contributed by atoms with van der Waals surface area (Å²) in [4.78, 5) is 27.8. The first-order valence-corrected chi connectivity index (χ1v) is 12.4. The number of carbonyl (C=O) groups is 2. The zero-order valence-corrected chi connectivity index (χ0v) is 19.8. The largest absolute Gasteiger partial charge is 0.352 e. The number of aryl methyl sites for hydroxylation is 1. The van der Waals surface area contributed by atoms with E-state index in [1.54, 1.807) is 16.7 Å². The van der Waals surface area contributed by atoms with Crippen molar-refractivity contribution >= 4 is 35.2 Å². The third-order valence-corrected chi connectivity index (χ3v) is 7.25. The summed E-state index contributed by atoms with van der Waals surface area (Å²) in [6, 6.07) is 15.4. The zero-order chi connectivity index (χ0) is 22.2. The molecule has 2 aromatic rings. The summed E-state index contributed by atoms with van der Waals surface area (Å²) >= 11 is 7.93. The van der Waals surface area contributed by atoms with Gasteiger partial charge in [-0.2, -0.15) is 0 Å². The second kappa shape index (κ2) is 11.6. The van der Waals surface area contributed by atoms with Crippen LogP contribution < -0.4 is 5.32 Å². The first-order valence-electron chi connectivity index (χ1n) is 10.9. The first-order chi connectivity index (χ1) is 15.0. The van der Waals surface area contributed by atoms with Gasteiger partial charge in [-0.25, -0.2) is 0 Å². The predicted molar refractivity (Wildman–Crippen MR) is 129 cm³/mol. The maximum Gasteiger partial charge on any atom is 0.242 e. The molecule has 31 heavy (non-hydrogen) atoms. The predicted octanol–water partition coefficient (Wildman–Crippen LogP) is 5.36. The van der Waals surface area contributed by atoms with E-state index in [1.807, 2.05) is 43.3 Å².